The van der Waals surface area contributed by atoms with Gasteiger partial charge in [-0.1, -0.05) is 6.42 Å². The van der Waals surface area contributed by atoms with Crippen LogP contribution in [-0.2, 0) is 4.79 Å². The molecule has 156 valence electrons. The minimum absolute atomic E-state index is 0. The Hall–Kier alpha value is -1.50. The first kappa shape index (κ1) is 22.8. The molecule has 2 saturated carbocycles. The summed E-state index contributed by atoms with van der Waals surface area (Å²) in [6, 6.07) is 6.08. The summed E-state index contributed by atoms with van der Waals surface area (Å²) in [4.78, 5) is 26.8. The molecule has 2 atom stereocenters. The zero-order valence-electron chi connectivity index (χ0n) is 16.1. The molecule has 2 amide bonds. The lowest BCUT2D eigenvalue weighted by Crippen LogP contribution is -2.53. The van der Waals surface area contributed by atoms with E-state index >= 15 is 0 Å². The number of carbonyl (C=O) groups excluding carboxylic acids is 2. The quantitative estimate of drug-likeness (QED) is 0.675. The van der Waals surface area contributed by atoms with Crippen molar-refractivity contribution in [2.75, 3.05) is 23.8 Å². The first-order chi connectivity index (χ1) is 12.5. The van der Waals surface area contributed by atoms with Gasteiger partial charge in [-0.15, -0.1) is 24.8 Å². The van der Waals surface area contributed by atoms with E-state index in [1.54, 1.807) is 6.07 Å². The maximum absolute atomic E-state index is 12.9. The lowest BCUT2D eigenvalue weighted by atomic mass is 9.67. The summed E-state index contributed by atoms with van der Waals surface area (Å²) < 4.78 is 0. The number of fused-ring (bicyclic) bond motifs is 3. The van der Waals surface area contributed by atoms with Crippen molar-refractivity contribution >= 4 is 48.0 Å². The monoisotopic (exact) mass is 428 g/mol. The second-order valence-electron chi connectivity index (χ2n) is 8.13. The summed E-state index contributed by atoms with van der Waals surface area (Å²) in [7, 11) is 1.96. The molecule has 4 rings (SSSR count). The zero-order chi connectivity index (χ0) is 18.3. The van der Waals surface area contributed by atoms with Crippen LogP contribution in [0.4, 0.5) is 11.4 Å². The van der Waals surface area contributed by atoms with Gasteiger partial charge < -0.3 is 21.3 Å². The van der Waals surface area contributed by atoms with Gasteiger partial charge in [0, 0.05) is 37.7 Å². The molecule has 0 spiro atoms. The summed E-state index contributed by atoms with van der Waals surface area (Å²) in [6.07, 6.45) is 6.02. The topological polar surface area (TPSA) is 87.5 Å². The van der Waals surface area contributed by atoms with Gasteiger partial charge in [0.15, 0.2) is 0 Å². The van der Waals surface area contributed by atoms with Crippen molar-refractivity contribution in [1.82, 2.24) is 5.32 Å². The lowest BCUT2D eigenvalue weighted by Gasteiger charge is -2.45. The molecule has 2 fully saturated rings. The van der Waals surface area contributed by atoms with Crippen molar-refractivity contribution in [3.63, 3.8) is 0 Å². The zero-order valence-corrected chi connectivity index (χ0v) is 17.8. The molecule has 1 aromatic carbocycles. The van der Waals surface area contributed by atoms with Crippen LogP contribution < -0.4 is 21.3 Å². The third kappa shape index (κ3) is 4.56. The van der Waals surface area contributed by atoms with Gasteiger partial charge in [0.05, 0.1) is 11.4 Å². The summed E-state index contributed by atoms with van der Waals surface area (Å²) in [5.74, 6) is 0.927. The van der Waals surface area contributed by atoms with Gasteiger partial charge in [0.1, 0.15) is 0 Å². The van der Waals surface area contributed by atoms with E-state index < -0.39 is 0 Å². The van der Waals surface area contributed by atoms with Gasteiger partial charge in [0.2, 0.25) is 5.91 Å². The van der Waals surface area contributed by atoms with Crippen molar-refractivity contribution in [2.24, 2.45) is 17.6 Å². The van der Waals surface area contributed by atoms with E-state index in [1.165, 1.54) is 6.42 Å². The Morgan fingerprint density at radius 3 is 2.57 bits per heavy atom. The molecule has 3 aliphatic rings. The average molecular weight is 429 g/mol. The van der Waals surface area contributed by atoms with Crippen LogP contribution >= 0.6 is 24.8 Å². The standard InChI is InChI=1S/C20H28N4O2.2ClH/c1-24-8-7-18(25)22-16-11-14(5-6-17(16)24)20(26)23-19-12-3-2-4-13(19)10-15(21)9-12;;/h5-6,11-13,15,19H,2-4,7-10,21H2,1H3,(H,22,25)(H,23,26);2*1H. The van der Waals surface area contributed by atoms with Gasteiger partial charge in [0.25, 0.3) is 5.91 Å². The second kappa shape index (κ2) is 9.33. The Morgan fingerprint density at radius 1 is 1.21 bits per heavy atom. The van der Waals surface area contributed by atoms with E-state index in [1.807, 2.05) is 24.1 Å². The smallest absolute Gasteiger partial charge is 0.251 e. The molecule has 1 aliphatic heterocycles. The molecule has 0 radical (unpaired) electrons. The molecular formula is C20H30Cl2N4O2. The highest BCUT2D eigenvalue weighted by Gasteiger charge is 2.40. The van der Waals surface area contributed by atoms with Crippen LogP contribution in [0.1, 0.15) is 48.9 Å². The molecule has 4 N–H and O–H groups in total. The number of nitrogens with zero attached hydrogens (tertiary/aromatic N) is 1. The predicted octanol–water partition coefficient (Wildman–Crippen LogP) is 2.94. The van der Waals surface area contributed by atoms with Gasteiger partial charge in [-0.05, 0) is 55.7 Å². The molecule has 1 aromatic rings. The number of rotatable bonds is 2. The van der Waals surface area contributed by atoms with Crippen LogP contribution in [0.3, 0.4) is 0 Å². The minimum atomic E-state index is -0.0497. The molecule has 6 nitrogen and oxygen atoms in total. The highest BCUT2D eigenvalue weighted by molar-refractivity contribution is 6.01. The number of nitrogens with one attached hydrogen (secondary N) is 2. The second-order valence-corrected chi connectivity index (χ2v) is 8.13. The number of amides is 2. The van der Waals surface area contributed by atoms with Crippen LogP contribution in [0.5, 0.6) is 0 Å². The predicted molar refractivity (Wildman–Crippen MR) is 117 cm³/mol. The first-order valence-electron chi connectivity index (χ1n) is 9.73. The van der Waals surface area contributed by atoms with Crippen molar-refractivity contribution in [2.45, 2.75) is 50.6 Å². The third-order valence-electron chi connectivity index (χ3n) is 6.29. The largest absolute Gasteiger partial charge is 0.372 e. The highest BCUT2D eigenvalue weighted by atomic mass is 35.5. The fraction of sp³-hybridized carbons (Fsp3) is 0.600. The van der Waals surface area contributed by atoms with Gasteiger partial charge in [-0.2, -0.15) is 0 Å². The fourth-order valence-corrected chi connectivity index (χ4v) is 4.97. The molecule has 0 aromatic heterocycles. The van der Waals surface area contributed by atoms with Crippen molar-refractivity contribution in [1.29, 1.82) is 0 Å². The lowest BCUT2D eigenvalue weighted by molar-refractivity contribution is -0.115. The maximum atomic E-state index is 12.9. The molecular weight excluding hydrogens is 399 g/mol. The van der Waals surface area contributed by atoms with Crippen LogP contribution in [-0.4, -0.2) is 37.5 Å². The van der Waals surface area contributed by atoms with E-state index in [9.17, 15) is 9.59 Å². The Morgan fingerprint density at radius 2 is 1.89 bits per heavy atom. The summed E-state index contributed by atoms with van der Waals surface area (Å²) in [5, 5.41) is 6.20. The highest BCUT2D eigenvalue weighted by Crippen LogP contribution is 2.40. The van der Waals surface area contributed by atoms with Gasteiger partial charge in [-0.25, -0.2) is 0 Å². The number of benzene rings is 1. The number of anilines is 2. The van der Waals surface area contributed by atoms with Gasteiger partial charge >= 0.3 is 0 Å². The number of halogens is 2. The Labute approximate surface area is 178 Å². The fourth-order valence-electron chi connectivity index (χ4n) is 4.97. The Bertz CT molecular complexity index is 716. The van der Waals surface area contributed by atoms with Crippen molar-refractivity contribution in [3.05, 3.63) is 23.8 Å². The number of hydrogen-bond acceptors (Lipinski definition) is 4. The SMILES string of the molecule is CN1CCC(=O)Nc2cc(C(=O)NC3C4CCCC3CC(N)C4)ccc21.Cl.Cl. The van der Waals surface area contributed by atoms with E-state index in [-0.39, 0.29) is 48.7 Å². The Balaban J connectivity index is 0.00000140. The molecule has 8 heteroatoms. The molecule has 2 bridgehead atoms. The average Bonchev–Trinajstić information content (AvgIpc) is 2.74. The maximum Gasteiger partial charge on any atom is 0.251 e. The summed E-state index contributed by atoms with van der Waals surface area (Å²) in [5.41, 5.74) is 8.46. The third-order valence-corrected chi connectivity index (χ3v) is 6.29. The number of carbonyl (C=O) groups is 2. The van der Waals surface area contributed by atoms with Crippen LogP contribution in [0, 0.1) is 11.8 Å². The van der Waals surface area contributed by atoms with E-state index in [0.717, 1.165) is 31.4 Å². The van der Waals surface area contributed by atoms with Crippen molar-refractivity contribution in [3.8, 4) is 0 Å². The first-order valence-corrected chi connectivity index (χ1v) is 9.73. The molecule has 28 heavy (non-hydrogen) atoms. The van der Waals surface area contributed by atoms with Crippen molar-refractivity contribution < 1.29 is 9.59 Å². The van der Waals surface area contributed by atoms with Crippen LogP contribution in [0.25, 0.3) is 0 Å². The number of hydrogen-bond donors (Lipinski definition) is 3. The summed E-state index contributed by atoms with van der Waals surface area (Å²) in [6.45, 7) is 0.677. The summed E-state index contributed by atoms with van der Waals surface area (Å²) >= 11 is 0. The molecule has 2 unspecified atom stereocenters. The molecule has 1 heterocycles. The normalized spacial score (nSPS) is 28.6. The minimum Gasteiger partial charge on any atom is -0.372 e. The van der Waals surface area contributed by atoms with Crippen LogP contribution in [0.15, 0.2) is 18.2 Å². The molecule has 0 saturated heterocycles. The van der Waals surface area contributed by atoms with E-state index in [4.69, 9.17) is 5.73 Å². The van der Waals surface area contributed by atoms with Gasteiger partial charge in [-0.3, -0.25) is 9.59 Å². The van der Waals surface area contributed by atoms with E-state index in [0.29, 0.717) is 36.1 Å². The molecule has 2 aliphatic carbocycles. The number of nitrogens with two attached hydrogens (primary N) is 1. The van der Waals surface area contributed by atoms with Crippen LogP contribution in [0.2, 0.25) is 0 Å². The Kier molecular flexibility index (Phi) is 7.59. The van der Waals surface area contributed by atoms with E-state index in [2.05, 4.69) is 10.6 Å².